The summed E-state index contributed by atoms with van der Waals surface area (Å²) in [7, 11) is 4.89. The number of amides is 1. The number of allylic oxidation sites excluding steroid dienone is 3. The highest BCUT2D eigenvalue weighted by Crippen LogP contribution is 2.47. The second-order valence-corrected chi connectivity index (χ2v) is 12.8. The molecule has 11 atom stereocenters. The van der Waals surface area contributed by atoms with Gasteiger partial charge in [-0.05, 0) is 52.2 Å². The molecule has 0 aromatic carbocycles. The van der Waals surface area contributed by atoms with Crippen molar-refractivity contribution in [2.24, 2.45) is 17.8 Å². The molecule has 0 saturated carbocycles. The zero-order valence-electron chi connectivity index (χ0n) is 27.0. The van der Waals surface area contributed by atoms with Gasteiger partial charge < -0.3 is 39.0 Å². The summed E-state index contributed by atoms with van der Waals surface area (Å²) in [5.74, 6) is -0.0929. The third-order valence-corrected chi connectivity index (χ3v) is 9.29. The molecule has 42 heavy (non-hydrogen) atoms. The third-order valence-electron chi connectivity index (χ3n) is 9.29. The molecule has 10 nitrogen and oxygen atoms in total. The molecule has 3 aliphatic heterocycles. The molecule has 0 aromatic rings. The third kappa shape index (κ3) is 8.78. The van der Waals surface area contributed by atoms with Crippen molar-refractivity contribution in [2.45, 2.75) is 115 Å². The molecule has 10 heteroatoms. The van der Waals surface area contributed by atoms with E-state index in [2.05, 4.69) is 32.2 Å². The molecular weight excluding hydrogens is 540 g/mol. The van der Waals surface area contributed by atoms with Crippen LogP contribution in [0.4, 0.5) is 4.79 Å². The normalized spacial score (nSPS) is 34.6. The monoisotopic (exact) mass is 594 g/mol. The predicted molar refractivity (Wildman–Crippen MR) is 160 cm³/mol. The first-order valence-electron chi connectivity index (χ1n) is 15.4. The van der Waals surface area contributed by atoms with Crippen LogP contribution in [-0.4, -0.2) is 105 Å². The number of epoxide rings is 1. The molecule has 3 fully saturated rings. The average Bonchev–Trinajstić information content (AvgIpc) is 3.36. The Morgan fingerprint density at radius 3 is 2.55 bits per heavy atom. The summed E-state index contributed by atoms with van der Waals surface area (Å²) in [5.41, 5.74) is 0.744. The van der Waals surface area contributed by atoms with E-state index in [-0.39, 0.29) is 72.3 Å². The molecule has 0 aliphatic carbocycles. The molecular formula is C32H54N2O8. The number of carbonyl (C=O) groups excluding carboxylic acids is 2. The zero-order valence-corrected chi connectivity index (χ0v) is 27.0. The molecule has 0 spiro atoms. The summed E-state index contributed by atoms with van der Waals surface area (Å²) in [6, 6.07) is 0.277. The lowest BCUT2D eigenvalue weighted by molar-refractivity contribution is -0.154. The van der Waals surface area contributed by atoms with Crippen molar-refractivity contribution in [2.75, 3.05) is 34.4 Å². The standard InChI is InChI=1S/C32H54N2O8/c1-19(17-32(6)30(42-32)22(4)29(39-9)23(5)35)11-10-12-20(2)28-21(3)26(15-25(40-28)16-27(36)38-8)41-31(37)34-14-13-24(18-34)33-7/h10-12,19,21-26,28-30,33,35H,13-18H2,1-9H3/b11-10+,20-12+/t19?,21?,22-,23-,24+,25?,26?,28?,29-,30-,32-/m1/s1. The molecule has 2 N–H and O–H groups in total. The Hall–Kier alpha value is -1.98. The van der Waals surface area contributed by atoms with Crippen LogP contribution < -0.4 is 5.32 Å². The van der Waals surface area contributed by atoms with Gasteiger partial charge in [-0.25, -0.2) is 4.79 Å². The van der Waals surface area contributed by atoms with Crippen molar-refractivity contribution in [1.29, 1.82) is 0 Å². The lowest BCUT2D eigenvalue weighted by Crippen LogP contribution is -2.47. The van der Waals surface area contributed by atoms with Crippen LogP contribution in [0.3, 0.4) is 0 Å². The highest BCUT2D eigenvalue weighted by molar-refractivity contribution is 5.70. The Kier molecular flexibility index (Phi) is 12.4. The minimum absolute atomic E-state index is 0.0396. The first-order chi connectivity index (χ1) is 19.8. The zero-order chi connectivity index (χ0) is 31.2. The molecule has 3 heterocycles. The number of methoxy groups -OCH3 is 2. The van der Waals surface area contributed by atoms with Crippen LogP contribution in [-0.2, 0) is 28.5 Å². The number of aliphatic hydroxyl groups excluding tert-OH is 1. The van der Waals surface area contributed by atoms with Gasteiger partial charge >= 0.3 is 12.1 Å². The minimum atomic E-state index is -0.561. The molecule has 0 bridgehead atoms. The summed E-state index contributed by atoms with van der Waals surface area (Å²) < 4.78 is 28.9. The van der Waals surface area contributed by atoms with Crippen LogP contribution in [0, 0.1) is 17.8 Å². The number of nitrogens with zero attached hydrogens (tertiary/aromatic N) is 1. The number of rotatable bonds is 13. The SMILES string of the molecule is CN[C@H]1CCN(C(=O)OC2CC(CC(=O)OC)OC(/C(C)=C/C=C/C(C)C[C@@]3(C)O[C@@H]3[C@H](C)[C@@H](OC)[C@@H](C)O)C2C)C1. The number of hydrogen-bond acceptors (Lipinski definition) is 9. The second-order valence-electron chi connectivity index (χ2n) is 12.8. The second kappa shape index (κ2) is 15.1. The van der Waals surface area contributed by atoms with Crippen molar-refractivity contribution in [3.05, 3.63) is 23.8 Å². The summed E-state index contributed by atoms with van der Waals surface area (Å²) >= 11 is 0. The van der Waals surface area contributed by atoms with Gasteiger partial charge in [-0.1, -0.05) is 39.0 Å². The van der Waals surface area contributed by atoms with Gasteiger partial charge in [0.05, 0.1) is 49.7 Å². The van der Waals surface area contributed by atoms with E-state index in [9.17, 15) is 14.7 Å². The van der Waals surface area contributed by atoms with Gasteiger partial charge in [0.2, 0.25) is 0 Å². The summed E-state index contributed by atoms with van der Waals surface area (Å²) in [4.78, 5) is 26.8. The van der Waals surface area contributed by atoms with E-state index in [1.54, 1.807) is 18.9 Å². The van der Waals surface area contributed by atoms with E-state index in [1.807, 2.05) is 33.0 Å². The van der Waals surface area contributed by atoms with Gasteiger partial charge in [0.1, 0.15) is 6.10 Å². The van der Waals surface area contributed by atoms with Crippen LogP contribution in [0.1, 0.15) is 67.2 Å². The van der Waals surface area contributed by atoms with Crippen molar-refractivity contribution in [1.82, 2.24) is 10.2 Å². The van der Waals surface area contributed by atoms with Gasteiger partial charge in [0.25, 0.3) is 0 Å². The van der Waals surface area contributed by atoms with Gasteiger partial charge in [-0.15, -0.1) is 0 Å². The van der Waals surface area contributed by atoms with Gasteiger partial charge in [-0.2, -0.15) is 0 Å². The largest absolute Gasteiger partial charge is 0.469 e. The van der Waals surface area contributed by atoms with Crippen LogP contribution in [0.5, 0.6) is 0 Å². The van der Waals surface area contributed by atoms with Crippen LogP contribution in [0.15, 0.2) is 23.8 Å². The van der Waals surface area contributed by atoms with E-state index in [0.717, 1.165) is 18.4 Å². The molecule has 3 rings (SSSR count). The van der Waals surface area contributed by atoms with Crippen molar-refractivity contribution < 1.29 is 38.4 Å². The fraction of sp³-hybridized carbons (Fsp3) is 0.812. The summed E-state index contributed by atoms with van der Waals surface area (Å²) in [6.45, 7) is 13.4. The Labute approximate surface area is 252 Å². The number of carbonyl (C=O) groups is 2. The van der Waals surface area contributed by atoms with Crippen LogP contribution in [0.2, 0.25) is 0 Å². The highest BCUT2D eigenvalue weighted by atomic mass is 16.6. The Balaban J connectivity index is 1.63. The van der Waals surface area contributed by atoms with Gasteiger partial charge in [0, 0.05) is 44.5 Å². The van der Waals surface area contributed by atoms with E-state index in [0.29, 0.717) is 19.5 Å². The predicted octanol–water partition coefficient (Wildman–Crippen LogP) is 3.86. The topological polar surface area (TPSA) is 119 Å². The van der Waals surface area contributed by atoms with Crippen molar-refractivity contribution >= 4 is 12.1 Å². The van der Waals surface area contributed by atoms with E-state index >= 15 is 0 Å². The fourth-order valence-electron chi connectivity index (χ4n) is 6.81. The summed E-state index contributed by atoms with van der Waals surface area (Å²) in [6.07, 6.45) is 6.34. The molecule has 0 aromatic heterocycles. The molecule has 1 amide bonds. The number of aliphatic hydroxyl groups is 1. The maximum Gasteiger partial charge on any atom is 0.410 e. The Morgan fingerprint density at radius 2 is 1.95 bits per heavy atom. The molecule has 240 valence electrons. The molecule has 3 aliphatic rings. The molecule has 5 unspecified atom stereocenters. The molecule has 0 radical (unpaired) electrons. The van der Waals surface area contributed by atoms with Gasteiger partial charge in [0.15, 0.2) is 0 Å². The van der Waals surface area contributed by atoms with Crippen LogP contribution in [0.25, 0.3) is 0 Å². The van der Waals surface area contributed by atoms with Crippen molar-refractivity contribution in [3.8, 4) is 0 Å². The smallest absolute Gasteiger partial charge is 0.410 e. The highest BCUT2D eigenvalue weighted by Gasteiger charge is 2.56. The number of likely N-dealkylation sites (N-methyl/N-ethyl adjacent to an activating group) is 1. The Morgan fingerprint density at radius 1 is 1.24 bits per heavy atom. The number of esters is 1. The lowest BCUT2D eigenvalue weighted by atomic mass is 9.85. The maximum atomic E-state index is 13.0. The van der Waals surface area contributed by atoms with E-state index < -0.39 is 12.2 Å². The number of hydrogen-bond donors (Lipinski definition) is 2. The van der Waals surface area contributed by atoms with E-state index in [4.69, 9.17) is 23.7 Å². The average molecular weight is 595 g/mol. The quantitative estimate of drug-likeness (QED) is 0.186. The first kappa shape index (κ1) is 34.5. The van der Waals surface area contributed by atoms with Crippen LogP contribution >= 0.6 is 0 Å². The molecule has 3 saturated heterocycles. The first-order valence-corrected chi connectivity index (χ1v) is 15.4. The van der Waals surface area contributed by atoms with Gasteiger partial charge in [-0.3, -0.25) is 4.79 Å². The number of ether oxygens (including phenoxy) is 5. The van der Waals surface area contributed by atoms with E-state index in [1.165, 1.54) is 7.11 Å². The fourth-order valence-corrected chi connectivity index (χ4v) is 6.81. The number of nitrogens with one attached hydrogen (secondary N) is 1. The minimum Gasteiger partial charge on any atom is -0.469 e. The Bertz CT molecular complexity index is 970. The lowest BCUT2D eigenvalue weighted by Gasteiger charge is -2.40. The number of likely N-dealkylation sites (tertiary alicyclic amines) is 1. The maximum absolute atomic E-state index is 13.0. The van der Waals surface area contributed by atoms with Crippen molar-refractivity contribution in [3.63, 3.8) is 0 Å². The summed E-state index contributed by atoms with van der Waals surface area (Å²) in [5, 5.41) is 13.3.